The third-order valence-electron chi connectivity index (χ3n) is 3.57. The van der Waals surface area contributed by atoms with Crippen molar-refractivity contribution < 1.29 is 4.79 Å². The molecule has 1 aliphatic heterocycles. The molecule has 1 aromatic heterocycles. The van der Waals surface area contributed by atoms with Gasteiger partial charge in [0, 0.05) is 24.7 Å². The van der Waals surface area contributed by atoms with Crippen molar-refractivity contribution in [2.24, 2.45) is 5.92 Å². The second-order valence-electron chi connectivity index (χ2n) is 4.75. The van der Waals surface area contributed by atoms with Crippen LogP contribution in [0, 0.1) is 5.92 Å². The van der Waals surface area contributed by atoms with Gasteiger partial charge in [-0.25, -0.2) is 4.79 Å². The van der Waals surface area contributed by atoms with E-state index in [-0.39, 0.29) is 29.5 Å². The molecule has 1 aliphatic carbocycles. The molecule has 0 radical (unpaired) electrons. The van der Waals surface area contributed by atoms with Gasteiger partial charge in [0.1, 0.15) is 0 Å². The molecule has 2 N–H and O–H groups in total. The molecule has 0 aromatic carbocycles. The summed E-state index contributed by atoms with van der Waals surface area (Å²) in [4.78, 5) is 35.8. The molecule has 0 bridgehead atoms. The normalized spacial score (nSPS) is 30.0. The molecule has 3 atom stereocenters. The van der Waals surface area contributed by atoms with Crippen LogP contribution in [0.2, 0.25) is 0 Å². The number of amides is 1. The Labute approximate surface area is 102 Å². The molecule has 3 rings (SSSR count). The van der Waals surface area contributed by atoms with E-state index in [1.807, 2.05) is 12.2 Å². The van der Waals surface area contributed by atoms with Gasteiger partial charge in [0.2, 0.25) is 5.91 Å². The molecule has 18 heavy (non-hydrogen) atoms. The lowest BCUT2D eigenvalue weighted by atomic mass is 9.90. The highest BCUT2D eigenvalue weighted by molar-refractivity contribution is 5.83. The van der Waals surface area contributed by atoms with E-state index in [9.17, 15) is 14.4 Å². The fraction of sp³-hybridized carbons (Fsp3) is 0.417. The topological polar surface area (TPSA) is 84.0 Å². The van der Waals surface area contributed by atoms with Crippen LogP contribution in [-0.2, 0) is 4.79 Å². The van der Waals surface area contributed by atoms with E-state index >= 15 is 0 Å². The summed E-state index contributed by atoms with van der Waals surface area (Å²) in [6.45, 7) is 0. The summed E-state index contributed by atoms with van der Waals surface area (Å²) < 4.78 is 1.51. The van der Waals surface area contributed by atoms with Crippen LogP contribution < -0.4 is 16.6 Å². The van der Waals surface area contributed by atoms with Gasteiger partial charge in [-0.05, 0) is 12.3 Å². The first-order valence-corrected chi connectivity index (χ1v) is 5.92. The highest BCUT2D eigenvalue weighted by Crippen LogP contribution is 2.32. The second kappa shape index (κ2) is 3.97. The standard InChI is InChI=1S/C12H13N3O3/c16-10-3-4-15(12(18)14-10)8-2-1-7(5-8)9-6-11(17)13-9/h1-4,7-9H,5-6H2,(H,13,17)(H,14,16,18)/t7-,8+,9+/m1/s1. The van der Waals surface area contributed by atoms with Crippen LogP contribution in [0.5, 0.6) is 0 Å². The molecule has 1 aromatic rings. The summed E-state index contributed by atoms with van der Waals surface area (Å²) in [6, 6.07) is 1.49. The first kappa shape index (κ1) is 11.0. The lowest BCUT2D eigenvalue weighted by Crippen LogP contribution is -2.52. The molecule has 2 aliphatic rings. The maximum absolute atomic E-state index is 11.6. The van der Waals surface area contributed by atoms with Gasteiger partial charge in [-0.3, -0.25) is 19.1 Å². The zero-order chi connectivity index (χ0) is 12.7. The van der Waals surface area contributed by atoms with Crippen LogP contribution in [0.15, 0.2) is 34.0 Å². The van der Waals surface area contributed by atoms with Crippen LogP contribution in [0.3, 0.4) is 0 Å². The minimum absolute atomic E-state index is 0.0446. The fourth-order valence-electron chi connectivity index (χ4n) is 2.54. The number of aromatic nitrogens is 2. The monoisotopic (exact) mass is 247 g/mol. The predicted molar refractivity (Wildman–Crippen MR) is 64.2 cm³/mol. The van der Waals surface area contributed by atoms with Crippen LogP contribution in [-0.4, -0.2) is 21.5 Å². The molecule has 1 saturated heterocycles. The highest BCUT2D eigenvalue weighted by atomic mass is 16.2. The summed E-state index contributed by atoms with van der Waals surface area (Å²) in [5, 5.41) is 2.85. The summed E-state index contributed by atoms with van der Waals surface area (Å²) in [7, 11) is 0. The molecule has 0 spiro atoms. The van der Waals surface area contributed by atoms with Crippen LogP contribution in [0.1, 0.15) is 18.9 Å². The van der Waals surface area contributed by atoms with Gasteiger partial charge in [0.25, 0.3) is 5.56 Å². The number of aromatic amines is 1. The number of carbonyl (C=O) groups is 1. The Bertz CT molecular complexity index is 620. The average Bonchev–Trinajstić information content (AvgIpc) is 2.73. The Morgan fingerprint density at radius 2 is 2.00 bits per heavy atom. The molecule has 1 fully saturated rings. The molecule has 94 valence electrons. The van der Waals surface area contributed by atoms with E-state index in [1.54, 1.807) is 0 Å². The van der Waals surface area contributed by atoms with E-state index in [0.29, 0.717) is 6.42 Å². The van der Waals surface area contributed by atoms with Gasteiger partial charge in [0.15, 0.2) is 0 Å². The number of rotatable bonds is 2. The Morgan fingerprint density at radius 1 is 1.22 bits per heavy atom. The van der Waals surface area contributed by atoms with E-state index in [1.165, 1.54) is 16.8 Å². The summed E-state index contributed by atoms with van der Waals surface area (Å²) in [5.74, 6) is 0.351. The number of allylic oxidation sites excluding steroid dienone is 1. The van der Waals surface area contributed by atoms with Crippen molar-refractivity contribution in [3.63, 3.8) is 0 Å². The molecule has 6 heteroatoms. The smallest absolute Gasteiger partial charge is 0.328 e. The van der Waals surface area contributed by atoms with Gasteiger partial charge in [0.05, 0.1) is 6.04 Å². The van der Waals surface area contributed by atoms with Crippen molar-refractivity contribution in [1.82, 2.24) is 14.9 Å². The lowest BCUT2D eigenvalue weighted by molar-refractivity contribution is -0.129. The van der Waals surface area contributed by atoms with Gasteiger partial charge < -0.3 is 5.32 Å². The zero-order valence-electron chi connectivity index (χ0n) is 9.63. The van der Waals surface area contributed by atoms with E-state index in [0.717, 1.165) is 6.42 Å². The Hall–Kier alpha value is -2.11. The number of nitrogens with zero attached hydrogens (tertiary/aromatic N) is 1. The minimum atomic E-state index is -0.393. The number of hydrogen-bond acceptors (Lipinski definition) is 3. The molecular formula is C12H13N3O3. The summed E-state index contributed by atoms with van der Waals surface area (Å²) in [5.41, 5.74) is -0.781. The van der Waals surface area contributed by atoms with Crippen molar-refractivity contribution >= 4 is 5.91 Å². The van der Waals surface area contributed by atoms with Gasteiger partial charge in [-0.2, -0.15) is 0 Å². The van der Waals surface area contributed by atoms with Gasteiger partial charge in [-0.15, -0.1) is 0 Å². The quantitative estimate of drug-likeness (QED) is 0.548. The highest BCUT2D eigenvalue weighted by Gasteiger charge is 2.35. The Morgan fingerprint density at radius 3 is 2.67 bits per heavy atom. The molecule has 1 amide bonds. The fourth-order valence-corrected chi connectivity index (χ4v) is 2.54. The number of carbonyl (C=O) groups excluding carboxylic acids is 1. The van der Waals surface area contributed by atoms with Gasteiger partial charge in [-0.1, -0.05) is 12.2 Å². The maximum atomic E-state index is 11.6. The number of hydrogen-bond donors (Lipinski definition) is 2. The molecule has 0 unspecified atom stereocenters. The van der Waals surface area contributed by atoms with Crippen LogP contribution in [0.25, 0.3) is 0 Å². The van der Waals surface area contributed by atoms with Crippen LogP contribution >= 0.6 is 0 Å². The molecule has 0 saturated carbocycles. The predicted octanol–water partition coefficient (Wildman–Crippen LogP) is -0.458. The Balaban J connectivity index is 1.76. The summed E-state index contributed by atoms with van der Waals surface area (Å²) >= 11 is 0. The van der Waals surface area contributed by atoms with Crippen molar-refractivity contribution in [2.45, 2.75) is 24.9 Å². The minimum Gasteiger partial charge on any atom is -0.352 e. The number of nitrogens with one attached hydrogen (secondary N) is 2. The number of β-lactam (4-membered cyclic amide) rings is 1. The average molecular weight is 247 g/mol. The molecular weight excluding hydrogens is 234 g/mol. The number of H-pyrrole nitrogens is 1. The van der Waals surface area contributed by atoms with Crippen LogP contribution in [0.4, 0.5) is 0 Å². The molecule has 2 heterocycles. The second-order valence-corrected chi connectivity index (χ2v) is 4.75. The van der Waals surface area contributed by atoms with Crippen molar-refractivity contribution in [1.29, 1.82) is 0 Å². The zero-order valence-corrected chi connectivity index (χ0v) is 9.63. The SMILES string of the molecule is O=C1C[C@@H]([C@@H]2C=C[C@H](n3ccc(=O)[nH]c3=O)C2)N1. The maximum Gasteiger partial charge on any atom is 0.328 e. The van der Waals surface area contributed by atoms with Gasteiger partial charge >= 0.3 is 5.69 Å². The first-order valence-electron chi connectivity index (χ1n) is 5.92. The first-order chi connectivity index (χ1) is 8.63. The lowest BCUT2D eigenvalue weighted by Gasteiger charge is -2.31. The third kappa shape index (κ3) is 1.79. The van der Waals surface area contributed by atoms with E-state index in [2.05, 4.69) is 10.3 Å². The Kier molecular flexibility index (Phi) is 2.43. The van der Waals surface area contributed by atoms with Crippen molar-refractivity contribution in [2.75, 3.05) is 0 Å². The van der Waals surface area contributed by atoms with E-state index in [4.69, 9.17) is 0 Å². The summed E-state index contributed by atoms with van der Waals surface area (Å²) in [6.07, 6.45) is 6.83. The third-order valence-corrected chi connectivity index (χ3v) is 3.57. The largest absolute Gasteiger partial charge is 0.352 e. The van der Waals surface area contributed by atoms with Crippen molar-refractivity contribution in [3.8, 4) is 0 Å². The molecule has 6 nitrogen and oxygen atoms in total. The van der Waals surface area contributed by atoms with E-state index < -0.39 is 5.69 Å². The van der Waals surface area contributed by atoms with Crippen molar-refractivity contribution in [3.05, 3.63) is 45.3 Å².